The van der Waals surface area contributed by atoms with Gasteiger partial charge in [0.05, 0.1) is 27.8 Å². The van der Waals surface area contributed by atoms with Gasteiger partial charge < -0.3 is 0 Å². The van der Waals surface area contributed by atoms with E-state index in [9.17, 15) is 16.8 Å². The third-order valence-corrected chi connectivity index (χ3v) is 7.40. The zero-order valence-corrected chi connectivity index (χ0v) is 13.6. The highest BCUT2D eigenvalue weighted by Gasteiger charge is 2.37. The lowest BCUT2D eigenvalue weighted by Crippen LogP contribution is -2.29. The van der Waals surface area contributed by atoms with Crippen LogP contribution < -0.4 is 4.72 Å². The zero-order valence-electron chi connectivity index (χ0n) is 11.2. The molecule has 1 N–H and O–H groups in total. The summed E-state index contributed by atoms with van der Waals surface area (Å²) in [7, 11) is -7.20. The first kappa shape index (κ1) is 15.4. The van der Waals surface area contributed by atoms with E-state index >= 15 is 0 Å². The molecule has 1 saturated heterocycles. The number of halogens is 1. The molecule has 1 aromatic heterocycles. The van der Waals surface area contributed by atoms with Crippen molar-refractivity contribution >= 4 is 48.3 Å². The van der Waals surface area contributed by atoms with Crippen LogP contribution in [0, 0.1) is 0 Å². The summed E-state index contributed by atoms with van der Waals surface area (Å²) in [4.78, 5) is 8.21. The Morgan fingerprint density at radius 2 is 1.82 bits per heavy atom. The molecular formula is C12H12ClN3O4S2. The first-order valence-corrected chi connectivity index (χ1v) is 10.2. The maximum atomic E-state index is 12.3. The van der Waals surface area contributed by atoms with E-state index in [0.717, 1.165) is 0 Å². The smallest absolute Gasteiger partial charge is 0.237 e. The van der Waals surface area contributed by atoms with Crippen LogP contribution in [0.2, 0.25) is 5.15 Å². The lowest BCUT2D eigenvalue weighted by Gasteiger charge is -2.13. The van der Waals surface area contributed by atoms with Gasteiger partial charge in [-0.25, -0.2) is 26.8 Å². The van der Waals surface area contributed by atoms with Gasteiger partial charge in [0, 0.05) is 0 Å². The Morgan fingerprint density at radius 1 is 1.18 bits per heavy atom. The van der Waals surface area contributed by atoms with Crippen LogP contribution in [0.3, 0.4) is 0 Å². The first-order chi connectivity index (χ1) is 10.3. The lowest BCUT2D eigenvalue weighted by molar-refractivity contribution is 0.587. The topological polar surface area (TPSA) is 106 Å². The SMILES string of the molecule is O=S1(=O)CC[C@H](S(=O)(=O)Nc2nc3ccccc3nc2Cl)C1. The van der Waals surface area contributed by atoms with Gasteiger partial charge in [0.2, 0.25) is 10.0 Å². The Balaban J connectivity index is 1.94. The van der Waals surface area contributed by atoms with E-state index < -0.39 is 25.1 Å². The summed E-state index contributed by atoms with van der Waals surface area (Å²) in [6, 6.07) is 6.89. The lowest BCUT2D eigenvalue weighted by atomic mass is 10.3. The quantitative estimate of drug-likeness (QED) is 0.880. The molecule has 22 heavy (non-hydrogen) atoms. The van der Waals surface area contributed by atoms with Gasteiger partial charge in [0.25, 0.3) is 0 Å². The fraction of sp³-hybridized carbons (Fsp3) is 0.333. The van der Waals surface area contributed by atoms with Crippen LogP contribution in [0.25, 0.3) is 11.0 Å². The van der Waals surface area contributed by atoms with Crippen molar-refractivity contribution in [2.45, 2.75) is 11.7 Å². The molecule has 0 bridgehead atoms. The van der Waals surface area contributed by atoms with Gasteiger partial charge in [0.1, 0.15) is 0 Å². The molecule has 2 aromatic rings. The average molecular weight is 362 g/mol. The standard InChI is InChI=1S/C12H12ClN3O4S2/c13-11-12(15-10-4-2-1-3-9(10)14-11)16-22(19,20)8-5-6-21(17,18)7-8/h1-4,8H,5-7H2,(H,15,16)/t8-/m0/s1. The van der Waals surface area contributed by atoms with Crippen molar-refractivity contribution in [1.82, 2.24) is 9.97 Å². The molecule has 1 atom stereocenters. The highest BCUT2D eigenvalue weighted by molar-refractivity contribution is 7.97. The number of para-hydroxylation sites is 2. The van der Waals surface area contributed by atoms with Crippen molar-refractivity contribution in [2.75, 3.05) is 16.2 Å². The molecule has 0 aliphatic carbocycles. The summed E-state index contributed by atoms with van der Waals surface area (Å²) < 4.78 is 49.7. The minimum atomic E-state index is -3.89. The summed E-state index contributed by atoms with van der Waals surface area (Å²) in [5.41, 5.74) is 1.03. The van der Waals surface area contributed by atoms with Gasteiger partial charge in [0.15, 0.2) is 20.8 Å². The highest BCUT2D eigenvalue weighted by Crippen LogP contribution is 2.25. The number of sulfonamides is 1. The van der Waals surface area contributed by atoms with Gasteiger partial charge in [-0.05, 0) is 18.6 Å². The third-order valence-electron chi connectivity index (χ3n) is 3.40. The van der Waals surface area contributed by atoms with Crippen molar-refractivity contribution in [3.05, 3.63) is 29.4 Å². The monoisotopic (exact) mass is 361 g/mol. The van der Waals surface area contributed by atoms with Crippen LogP contribution in [0.5, 0.6) is 0 Å². The minimum Gasteiger partial charge on any atom is -0.264 e. The van der Waals surface area contributed by atoms with E-state index in [2.05, 4.69) is 14.7 Å². The molecule has 0 amide bonds. The molecule has 3 rings (SSSR count). The minimum absolute atomic E-state index is 0.0658. The molecule has 7 nitrogen and oxygen atoms in total. The van der Waals surface area contributed by atoms with Crippen LogP contribution in [0.1, 0.15) is 6.42 Å². The predicted molar refractivity (Wildman–Crippen MR) is 84.1 cm³/mol. The van der Waals surface area contributed by atoms with Crippen LogP contribution in [-0.4, -0.2) is 43.6 Å². The molecule has 10 heteroatoms. The molecule has 0 radical (unpaired) electrons. The second-order valence-electron chi connectivity index (χ2n) is 5.02. The second kappa shape index (κ2) is 5.32. The zero-order chi connectivity index (χ0) is 16.0. The van der Waals surface area contributed by atoms with E-state index in [1.54, 1.807) is 24.3 Å². The van der Waals surface area contributed by atoms with Crippen molar-refractivity contribution in [3.63, 3.8) is 0 Å². The van der Waals surface area contributed by atoms with Gasteiger partial charge in [-0.1, -0.05) is 23.7 Å². The Bertz CT molecular complexity index is 944. The number of hydrogen-bond donors (Lipinski definition) is 1. The molecular weight excluding hydrogens is 350 g/mol. The van der Waals surface area contributed by atoms with Gasteiger partial charge >= 0.3 is 0 Å². The van der Waals surface area contributed by atoms with Gasteiger partial charge in [-0.15, -0.1) is 0 Å². The van der Waals surface area contributed by atoms with Crippen LogP contribution in [-0.2, 0) is 19.9 Å². The average Bonchev–Trinajstić information content (AvgIpc) is 2.80. The largest absolute Gasteiger partial charge is 0.264 e. The molecule has 0 unspecified atom stereocenters. The maximum absolute atomic E-state index is 12.3. The molecule has 118 valence electrons. The number of hydrogen-bond acceptors (Lipinski definition) is 6. The van der Waals surface area contributed by atoms with E-state index in [4.69, 9.17) is 11.6 Å². The summed E-state index contributed by atoms with van der Waals surface area (Å²) in [5, 5.41) is -1.08. The fourth-order valence-electron chi connectivity index (χ4n) is 2.27. The number of nitrogens with zero attached hydrogens (tertiary/aromatic N) is 2. The number of sulfone groups is 1. The Hall–Kier alpha value is -1.45. The molecule has 0 saturated carbocycles. The number of nitrogens with one attached hydrogen (secondary N) is 1. The number of rotatable bonds is 3. The Morgan fingerprint density at radius 3 is 2.41 bits per heavy atom. The number of fused-ring (bicyclic) bond motifs is 1. The van der Waals surface area contributed by atoms with Crippen molar-refractivity contribution in [3.8, 4) is 0 Å². The number of aromatic nitrogens is 2. The van der Waals surface area contributed by atoms with E-state index in [-0.39, 0.29) is 28.9 Å². The normalized spacial score (nSPS) is 21.0. The summed E-state index contributed by atoms with van der Waals surface area (Å²) in [6.45, 7) is 0. The van der Waals surface area contributed by atoms with Crippen LogP contribution in [0.4, 0.5) is 5.82 Å². The molecule has 1 aromatic carbocycles. The van der Waals surface area contributed by atoms with Gasteiger partial charge in [-0.3, -0.25) is 4.72 Å². The van der Waals surface area contributed by atoms with Crippen LogP contribution >= 0.6 is 11.6 Å². The Kier molecular flexibility index (Phi) is 3.74. The van der Waals surface area contributed by atoms with Gasteiger partial charge in [-0.2, -0.15) is 0 Å². The van der Waals surface area contributed by atoms with E-state index in [1.807, 2.05) is 0 Å². The second-order valence-corrected chi connectivity index (χ2v) is 9.57. The number of benzene rings is 1. The Labute approximate surface area is 132 Å². The maximum Gasteiger partial charge on any atom is 0.237 e. The molecule has 0 spiro atoms. The van der Waals surface area contributed by atoms with Crippen molar-refractivity contribution < 1.29 is 16.8 Å². The van der Waals surface area contributed by atoms with Crippen LogP contribution in [0.15, 0.2) is 24.3 Å². The van der Waals surface area contributed by atoms with E-state index in [0.29, 0.717) is 11.0 Å². The molecule has 1 aliphatic rings. The third kappa shape index (κ3) is 3.01. The van der Waals surface area contributed by atoms with Crippen molar-refractivity contribution in [2.24, 2.45) is 0 Å². The first-order valence-electron chi connectivity index (χ1n) is 6.41. The highest BCUT2D eigenvalue weighted by atomic mass is 35.5. The summed E-state index contributed by atoms with van der Waals surface area (Å²) in [6.07, 6.45) is 0.0658. The predicted octanol–water partition coefficient (Wildman–Crippen LogP) is 1.21. The number of anilines is 1. The summed E-state index contributed by atoms with van der Waals surface area (Å²) in [5.74, 6) is -0.610. The fourth-order valence-corrected chi connectivity index (χ4v) is 6.54. The summed E-state index contributed by atoms with van der Waals surface area (Å²) >= 11 is 5.95. The molecule has 1 fully saturated rings. The van der Waals surface area contributed by atoms with E-state index in [1.165, 1.54) is 0 Å². The molecule has 1 aliphatic heterocycles. The van der Waals surface area contributed by atoms with Crippen molar-refractivity contribution in [1.29, 1.82) is 0 Å². The molecule has 2 heterocycles.